The fourth-order valence-corrected chi connectivity index (χ4v) is 2.32. The van der Waals surface area contributed by atoms with Crippen LogP contribution in [0.3, 0.4) is 0 Å². The van der Waals surface area contributed by atoms with Crippen LogP contribution in [0.1, 0.15) is 0 Å². The van der Waals surface area contributed by atoms with Gasteiger partial charge in [-0.05, 0) is 24.3 Å². The Bertz CT molecular complexity index is 819. The van der Waals surface area contributed by atoms with Crippen molar-refractivity contribution in [1.29, 1.82) is 0 Å². The number of rotatable bonds is 2. The summed E-state index contributed by atoms with van der Waals surface area (Å²) >= 11 is 17.8. The first-order valence-corrected chi connectivity index (χ1v) is 6.88. The average Bonchev–Trinajstić information content (AvgIpc) is 2.91. The van der Waals surface area contributed by atoms with Crippen LogP contribution < -0.4 is 5.73 Å². The number of nitrogens with zero attached hydrogens (tertiary/aromatic N) is 3. The quantitative estimate of drug-likeness (QED) is 0.701. The zero-order valence-corrected chi connectivity index (χ0v) is 12.6. The summed E-state index contributed by atoms with van der Waals surface area (Å²) in [4.78, 5) is 8.34. The molecule has 0 bridgehead atoms. The number of anilines is 1. The molecule has 2 N–H and O–H groups in total. The van der Waals surface area contributed by atoms with Crippen LogP contribution in [0.5, 0.6) is 0 Å². The van der Waals surface area contributed by atoms with Crippen molar-refractivity contribution >= 4 is 40.5 Å². The minimum atomic E-state index is 0.264. The minimum absolute atomic E-state index is 0.264. The van der Waals surface area contributed by atoms with Gasteiger partial charge in [-0.25, -0.2) is 4.98 Å². The van der Waals surface area contributed by atoms with Gasteiger partial charge in [0.25, 0.3) is 5.89 Å². The molecular formula is C13H7Cl3N4O. The smallest absolute Gasteiger partial charge is 0.258 e. The van der Waals surface area contributed by atoms with Crippen LogP contribution in [0.25, 0.3) is 23.0 Å². The van der Waals surface area contributed by atoms with E-state index >= 15 is 0 Å². The Morgan fingerprint density at radius 3 is 2.57 bits per heavy atom. The number of nitrogen functional groups attached to an aromatic ring is 1. The number of halogens is 3. The number of nitrogens with two attached hydrogens (primary N) is 1. The molecule has 0 aliphatic carbocycles. The fraction of sp³-hybridized carbons (Fsp3) is 0. The van der Waals surface area contributed by atoms with Crippen LogP contribution in [-0.4, -0.2) is 15.1 Å². The van der Waals surface area contributed by atoms with Crippen molar-refractivity contribution in [1.82, 2.24) is 15.1 Å². The first-order chi connectivity index (χ1) is 10.0. The van der Waals surface area contributed by atoms with Crippen LogP contribution >= 0.6 is 34.8 Å². The van der Waals surface area contributed by atoms with Crippen LogP contribution in [0.2, 0.25) is 15.1 Å². The first-order valence-electron chi connectivity index (χ1n) is 5.75. The summed E-state index contributed by atoms with van der Waals surface area (Å²) in [6.45, 7) is 0. The predicted octanol–water partition coefficient (Wildman–Crippen LogP) is 4.34. The van der Waals surface area contributed by atoms with E-state index in [1.54, 1.807) is 24.3 Å². The van der Waals surface area contributed by atoms with E-state index in [9.17, 15) is 0 Å². The molecule has 0 saturated heterocycles. The predicted molar refractivity (Wildman–Crippen MR) is 82.4 cm³/mol. The van der Waals surface area contributed by atoms with Gasteiger partial charge in [-0.3, -0.25) is 0 Å². The van der Waals surface area contributed by atoms with E-state index in [-0.39, 0.29) is 5.82 Å². The van der Waals surface area contributed by atoms with E-state index in [2.05, 4.69) is 15.1 Å². The molecule has 2 aromatic heterocycles. The third-order valence-electron chi connectivity index (χ3n) is 2.69. The highest BCUT2D eigenvalue weighted by Gasteiger charge is 2.15. The molecule has 0 amide bonds. The Labute approximate surface area is 134 Å². The van der Waals surface area contributed by atoms with Crippen LogP contribution in [0, 0.1) is 0 Å². The molecular weight excluding hydrogens is 335 g/mol. The molecule has 0 radical (unpaired) electrons. The van der Waals surface area contributed by atoms with Gasteiger partial charge in [-0.2, -0.15) is 4.98 Å². The lowest BCUT2D eigenvalue weighted by Gasteiger charge is -1.99. The maximum Gasteiger partial charge on any atom is 0.258 e. The Morgan fingerprint density at radius 2 is 1.86 bits per heavy atom. The second kappa shape index (κ2) is 5.52. The van der Waals surface area contributed by atoms with Gasteiger partial charge in [0.2, 0.25) is 5.82 Å². The van der Waals surface area contributed by atoms with Gasteiger partial charge in [0.1, 0.15) is 5.69 Å². The van der Waals surface area contributed by atoms with Crippen molar-refractivity contribution in [3.63, 3.8) is 0 Å². The second-order valence-electron chi connectivity index (χ2n) is 4.14. The van der Waals surface area contributed by atoms with Gasteiger partial charge < -0.3 is 10.3 Å². The van der Waals surface area contributed by atoms with Gasteiger partial charge in [0.05, 0.1) is 20.8 Å². The number of benzene rings is 1. The lowest BCUT2D eigenvalue weighted by Crippen LogP contribution is -1.88. The Balaban J connectivity index is 2.01. The number of hydrogen-bond acceptors (Lipinski definition) is 5. The zero-order valence-electron chi connectivity index (χ0n) is 10.3. The molecule has 8 heteroatoms. The lowest BCUT2D eigenvalue weighted by molar-refractivity contribution is 0.432. The van der Waals surface area contributed by atoms with Gasteiger partial charge >= 0.3 is 0 Å². The largest absolute Gasteiger partial charge is 0.398 e. The van der Waals surface area contributed by atoms with Crippen molar-refractivity contribution in [2.45, 2.75) is 0 Å². The van der Waals surface area contributed by atoms with E-state index in [0.717, 1.165) is 0 Å². The van der Waals surface area contributed by atoms with Crippen LogP contribution in [0.4, 0.5) is 5.69 Å². The number of pyridine rings is 1. The van der Waals surface area contributed by atoms with Crippen molar-refractivity contribution in [3.05, 3.63) is 45.5 Å². The molecule has 2 heterocycles. The van der Waals surface area contributed by atoms with Crippen LogP contribution in [0.15, 0.2) is 35.0 Å². The highest BCUT2D eigenvalue weighted by atomic mass is 35.5. The summed E-state index contributed by atoms with van der Waals surface area (Å²) in [5.74, 6) is 0.555. The molecule has 5 nitrogen and oxygen atoms in total. The minimum Gasteiger partial charge on any atom is -0.398 e. The van der Waals surface area contributed by atoms with E-state index in [4.69, 9.17) is 45.1 Å². The van der Waals surface area contributed by atoms with Gasteiger partial charge in [0.15, 0.2) is 0 Å². The Hall–Kier alpha value is -1.82. The molecule has 21 heavy (non-hydrogen) atoms. The van der Waals surface area contributed by atoms with Crippen molar-refractivity contribution in [2.75, 3.05) is 5.73 Å². The molecule has 3 aromatic rings. The molecule has 106 valence electrons. The maximum atomic E-state index is 6.06. The maximum absolute atomic E-state index is 6.06. The molecule has 0 aliphatic heterocycles. The monoisotopic (exact) mass is 340 g/mol. The van der Waals surface area contributed by atoms with Gasteiger partial charge in [-0.1, -0.05) is 40.0 Å². The van der Waals surface area contributed by atoms with Crippen LogP contribution in [-0.2, 0) is 0 Å². The summed E-state index contributed by atoms with van der Waals surface area (Å²) in [6.07, 6.45) is 1.46. The second-order valence-corrected chi connectivity index (χ2v) is 5.39. The first kappa shape index (κ1) is 14.1. The van der Waals surface area contributed by atoms with Crippen molar-refractivity contribution < 1.29 is 4.52 Å². The van der Waals surface area contributed by atoms with Gasteiger partial charge in [0, 0.05) is 11.8 Å². The SMILES string of the molecule is Nc1ccc(-c2nc(-c3ncc(Cl)cc3Cl)no2)cc1Cl. The van der Waals surface area contributed by atoms with Gasteiger partial charge in [-0.15, -0.1) is 0 Å². The number of hydrogen-bond donors (Lipinski definition) is 1. The average molecular weight is 342 g/mol. The van der Waals surface area contributed by atoms with E-state index < -0.39 is 0 Å². The van der Waals surface area contributed by atoms with Crippen molar-refractivity contribution in [2.24, 2.45) is 0 Å². The third kappa shape index (κ3) is 2.81. The molecule has 0 saturated carbocycles. The molecule has 0 atom stereocenters. The van der Waals surface area contributed by atoms with E-state index in [1.807, 2.05) is 0 Å². The normalized spacial score (nSPS) is 10.8. The molecule has 0 unspecified atom stereocenters. The van der Waals surface area contributed by atoms with E-state index in [1.165, 1.54) is 6.20 Å². The zero-order chi connectivity index (χ0) is 15.0. The molecule has 0 spiro atoms. The summed E-state index contributed by atoms with van der Waals surface area (Å²) < 4.78 is 5.19. The standard InChI is InChI=1S/C13H7Cl3N4O/c14-7-4-9(16)11(18-5-7)12-19-13(21-20-12)6-1-2-10(17)8(15)3-6/h1-5H,17H2. The summed E-state index contributed by atoms with van der Waals surface area (Å²) in [5.41, 5.74) is 7.17. The third-order valence-corrected chi connectivity index (χ3v) is 3.52. The topological polar surface area (TPSA) is 77.8 Å². The number of aromatic nitrogens is 3. The molecule has 0 aliphatic rings. The summed E-state index contributed by atoms with van der Waals surface area (Å²) in [5, 5.41) is 5.03. The molecule has 0 fully saturated rings. The Kier molecular flexibility index (Phi) is 3.71. The summed E-state index contributed by atoms with van der Waals surface area (Å²) in [7, 11) is 0. The summed E-state index contributed by atoms with van der Waals surface area (Å²) in [6, 6.07) is 6.59. The highest BCUT2D eigenvalue weighted by Crippen LogP contribution is 2.29. The van der Waals surface area contributed by atoms with E-state index in [0.29, 0.717) is 37.9 Å². The van der Waals surface area contributed by atoms with Crippen molar-refractivity contribution in [3.8, 4) is 23.0 Å². The lowest BCUT2D eigenvalue weighted by atomic mass is 10.2. The molecule has 1 aromatic carbocycles. The molecule has 3 rings (SSSR count). The highest BCUT2D eigenvalue weighted by molar-refractivity contribution is 6.36. The fourth-order valence-electron chi connectivity index (χ4n) is 1.68. The Morgan fingerprint density at radius 1 is 1.05 bits per heavy atom.